The van der Waals surface area contributed by atoms with Crippen LogP contribution < -0.4 is 5.73 Å². The Morgan fingerprint density at radius 1 is 1.52 bits per heavy atom. The van der Waals surface area contributed by atoms with Crippen LogP contribution in [-0.4, -0.2) is 42.9 Å². The molecule has 0 amide bonds. The molecular weight excluding hydrogens is 276 g/mol. The highest BCUT2D eigenvalue weighted by atomic mass is 16.5. The molecule has 1 saturated heterocycles. The van der Waals surface area contributed by atoms with Gasteiger partial charge in [-0.25, -0.2) is 15.0 Å². The normalized spacial score (nSPS) is 28.7. The van der Waals surface area contributed by atoms with Gasteiger partial charge >= 0.3 is 0 Å². The zero-order valence-corrected chi connectivity index (χ0v) is 11.2. The number of nitrogen functional groups attached to an aromatic ring is 1. The monoisotopic (exact) mass is 290 g/mol. The van der Waals surface area contributed by atoms with Crippen molar-refractivity contribution in [1.29, 1.82) is 0 Å². The number of hydrogen-bond donors (Lipinski definition) is 2. The van der Waals surface area contributed by atoms with Crippen LogP contribution in [0.3, 0.4) is 0 Å². The Kier molecular flexibility index (Phi) is 3.34. The number of hydrogen-bond acceptors (Lipinski definition) is 7. The first kappa shape index (κ1) is 13.6. The van der Waals surface area contributed by atoms with Gasteiger partial charge < -0.3 is 15.6 Å². The van der Waals surface area contributed by atoms with Crippen molar-refractivity contribution < 1.29 is 9.84 Å². The summed E-state index contributed by atoms with van der Waals surface area (Å²) >= 11 is 0. The highest BCUT2D eigenvalue weighted by molar-refractivity contribution is 5.81. The molecule has 4 atom stereocenters. The summed E-state index contributed by atoms with van der Waals surface area (Å²) in [7, 11) is 0. The van der Waals surface area contributed by atoms with E-state index in [4.69, 9.17) is 16.0 Å². The lowest BCUT2D eigenvalue weighted by atomic mass is 10.1. The number of aliphatic hydroxyl groups excluding tert-OH is 1. The molecule has 10 heteroatoms. The van der Waals surface area contributed by atoms with Gasteiger partial charge in [0.15, 0.2) is 17.7 Å². The predicted molar refractivity (Wildman–Crippen MR) is 72.9 cm³/mol. The molecule has 0 aliphatic carbocycles. The zero-order valence-electron chi connectivity index (χ0n) is 11.2. The first-order valence-electron chi connectivity index (χ1n) is 6.48. The van der Waals surface area contributed by atoms with Gasteiger partial charge in [0.2, 0.25) is 0 Å². The van der Waals surface area contributed by atoms with Crippen LogP contribution in [0.25, 0.3) is 21.6 Å². The van der Waals surface area contributed by atoms with Gasteiger partial charge in [-0.2, -0.15) is 0 Å². The van der Waals surface area contributed by atoms with Crippen LogP contribution in [0.2, 0.25) is 0 Å². The van der Waals surface area contributed by atoms with Gasteiger partial charge in [-0.15, -0.1) is 0 Å². The lowest BCUT2D eigenvalue weighted by Crippen LogP contribution is -2.29. The molecule has 3 N–H and O–H groups in total. The molecule has 1 aliphatic rings. The van der Waals surface area contributed by atoms with Gasteiger partial charge in [0.05, 0.1) is 18.5 Å². The molecule has 0 spiro atoms. The summed E-state index contributed by atoms with van der Waals surface area (Å²) in [6.45, 7) is 1.89. The molecule has 2 aromatic rings. The maximum absolute atomic E-state index is 10.4. The number of nitrogens with zero attached hydrogens (tertiary/aromatic N) is 7. The Morgan fingerprint density at radius 3 is 3.05 bits per heavy atom. The maximum Gasteiger partial charge on any atom is 0.167 e. The number of fused-ring (bicyclic) bond motifs is 1. The van der Waals surface area contributed by atoms with Gasteiger partial charge in [-0.05, 0) is 12.0 Å². The summed E-state index contributed by atoms with van der Waals surface area (Å²) in [6, 6.07) is -0.651. The van der Waals surface area contributed by atoms with Crippen molar-refractivity contribution in [2.24, 2.45) is 5.11 Å². The topological polar surface area (TPSA) is 148 Å². The Bertz CT molecular complexity index is 709. The Morgan fingerprint density at radius 2 is 2.33 bits per heavy atom. The third-order valence-electron chi connectivity index (χ3n) is 3.59. The molecular formula is C11H14N8O2. The summed E-state index contributed by atoms with van der Waals surface area (Å²) in [5.41, 5.74) is 15.3. The average molecular weight is 290 g/mol. The lowest BCUT2D eigenvalue weighted by molar-refractivity contribution is -0.0355. The summed E-state index contributed by atoms with van der Waals surface area (Å²) in [5, 5.41) is 14.0. The fourth-order valence-corrected chi connectivity index (χ4v) is 2.56. The van der Waals surface area contributed by atoms with Gasteiger partial charge in [-0.3, -0.25) is 4.57 Å². The number of anilines is 1. The Labute approximate surface area is 119 Å². The summed E-state index contributed by atoms with van der Waals surface area (Å²) < 4.78 is 7.36. The van der Waals surface area contributed by atoms with Crippen molar-refractivity contribution in [3.63, 3.8) is 0 Å². The minimum absolute atomic E-state index is 0.255. The predicted octanol–water partition coefficient (Wildman–Crippen LogP) is 0.756. The van der Waals surface area contributed by atoms with Crippen LogP contribution in [0, 0.1) is 0 Å². The van der Waals surface area contributed by atoms with Crippen LogP contribution in [0.15, 0.2) is 17.8 Å². The third kappa shape index (κ3) is 2.05. The fraction of sp³-hybridized carbons (Fsp3) is 0.545. The SMILES string of the molecule is CC[C@H]1O[C@@H](n2cnc3c(N)ncnc32)[C@H](O)[C@@H]1N=[N+]=[N-]. The molecule has 0 saturated carbocycles. The third-order valence-corrected chi connectivity index (χ3v) is 3.59. The molecule has 1 fully saturated rings. The molecule has 110 valence electrons. The van der Waals surface area contributed by atoms with E-state index in [-0.39, 0.29) is 11.9 Å². The van der Waals surface area contributed by atoms with Crippen molar-refractivity contribution in [3.05, 3.63) is 23.1 Å². The molecule has 3 heterocycles. The standard InChI is InChI=1S/C11H14N8O2/c1-2-5-6(17-18-13)8(20)11(21-5)19-4-16-7-9(12)14-3-15-10(7)19/h3-6,8,11,20H,2H2,1H3,(H2,12,14,15)/t5-,6-,8-,11-/m1/s1. The van der Waals surface area contributed by atoms with Gasteiger partial charge in [-0.1, -0.05) is 12.0 Å². The molecule has 10 nitrogen and oxygen atoms in total. The van der Waals surface area contributed by atoms with Crippen LogP contribution in [0.4, 0.5) is 5.82 Å². The van der Waals surface area contributed by atoms with Crippen LogP contribution in [0.5, 0.6) is 0 Å². The summed E-state index contributed by atoms with van der Waals surface area (Å²) in [4.78, 5) is 14.9. The van der Waals surface area contributed by atoms with E-state index in [0.29, 0.717) is 17.6 Å². The molecule has 21 heavy (non-hydrogen) atoms. The van der Waals surface area contributed by atoms with E-state index >= 15 is 0 Å². The number of imidazole rings is 1. The van der Waals surface area contributed by atoms with E-state index in [9.17, 15) is 5.11 Å². The highest BCUT2D eigenvalue weighted by Crippen LogP contribution is 2.34. The van der Waals surface area contributed by atoms with Gasteiger partial charge in [0.25, 0.3) is 0 Å². The van der Waals surface area contributed by atoms with E-state index in [0.717, 1.165) is 0 Å². The van der Waals surface area contributed by atoms with Gasteiger partial charge in [0.1, 0.15) is 17.9 Å². The second kappa shape index (κ2) is 5.17. The fourth-order valence-electron chi connectivity index (χ4n) is 2.56. The lowest BCUT2D eigenvalue weighted by Gasteiger charge is -2.16. The molecule has 0 unspecified atom stereocenters. The number of azide groups is 1. The maximum atomic E-state index is 10.4. The Hall–Kier alpha value is -2.42. The first-order valence-corrected chi connectivity index (χ1v) is 6.48. The van der Waals surface area contributed by atoms with E-state index in [1.54, 1.807) is 4.57 Å². The number of aromatic nitrogens is 4. The molecule has 0 aromatic carbocycles. The highest BCUT2D eigenvalue weighted by Gasteiger charge is 2.43. The van der Waals surface area contributed by atoms with E-state index < -0.39 is 18.4 Å². The van der Waals surface area contributed by atoms with Gasteiger partial charge in [0, 0.05) is 4.91 Å². The number of nitrogens with two attached hydrogens (primary N) is 1. The minimum Gasteiger partial charge on any atom is -0.388 e. The largest absolute Gasteiger partial charge is 0.388 e. The summed E-state index contributed by atoms with van der Waals surface area (Å²) in [6.07, 6.45) is 1.33. The number of rotatable bonds is 3. The van der Waals surface area contributed by atoms with E-state index in [1.807, 2.05) is 6.92 Å². The quantitative estimate of drug-likeness (QED) is 0.484. The minimum atomic E-state index is -0.987. The molecule has 1 aliphatic heterocycles. The van der Waals surface area contributed by atoms with Crippen molar-refractivity contribution in [1.82, 2.24) is 19.5 Å². The smallest absolute Gasteiger partial charge is 0.167 e. The average Bonchev–Trinajstić information content (AvgIpc) is 3.03. The molecule has 3 rings (SSSR count). The molecule has 0 radical (unpaired) electrons. The van der Waals surface area contributed by atoms with Crippen molar-refractivity contribution in [3.8, 4) is 0 Å². The van der Waals surface area contributed by atoms with E-state index in [1.165, 1.54) is 12.7 Å². The Balaban J connectivity index is 2.03. The first-order chi connectivity index (χ1) is 10.2. The molecule has 2 aromatic heterocycles. The van der Waals surface area contributed by atoms with Crippen molar-refractivity contribution in [2.75, 3.05) is 5.73 Å². The van der Waals surface area contributed by atoms with E-state index in [2.05, 4.69) is 25.0 Å². The van der Waals surface area contributed by atoms with Crippen LogP contribution >= 0.6 is 0 Å². The summed E-state index contributed by atoms with van der Waals surface area (Å²) in [5.74, 6) is 0.255. The van der Waals surface area contributed by atoms with Crippen molar-refractivity contribution in [2.45, 2.75) is 37.8 Å². The zero-order chi connectivity index (χ0) is 15.0. The van der Waals surface area contributed by atoms with Crippen LogP contribution in [0.1, 0.15) is 19.6 Å². The second-order valence-electron chi connectivity index (χ2n) is 4.74. The molecule has 0 bridgehead atoms. The number of ether oxygens (including phenoxy) is 1. The van der Waals surface area contributed by atoms with Crippen LogP contribution in [-0.2, 0) is 4.74 Å². The van der Waals surface area contributed by atoms with Crippen molar-refractivity contribution >= 4 is 17.0 Å². The number of aliphatic hydroxyl groups is 1. The second-order valence-corrected chi connectivity index (χ2v) is 4.74.